The number of carbonyl (C=O) groups is 1. The molecule has 0 atom stereocenters. The fraction of sp³-hybridized carbons (Fsp3) is 0.867. The molecule has 1 aliphatic carbocycles. The fourth-order valence-corrected chi connectivity index (χ4v) is 2.35. The summed E-state index contributed by atoms with van der Waals surface area (Å²) in [6, 6.07) is 0.307. The lowest BCUT2D eigenvalue weighted by molar-refractivity contribution is -0.127. The van der Waals surface area contributed by atoms with E-state index in [-0.39, 0.29) is 12.5 Å². The molecule has 0 saturated heterocycles. The number of nitrogens with zero attached hydrogens (tertiary/aromatic N) is 2. The topological polar surface area (TPSA) is 56.7 Å². The minimum absolute atomic E-state index is 0.0209. The van der Waals surface area contributed by atoms with Gasteiger partial charge < -0.3 is 15.5 Å². The average molecular weight is 282 g/mol. The highest BCUT2D eigenvalue weighted by atomic mass is 16.2. The molecule has 2 N–H and O–H groups in total. The van der Waals surface area contributed by atoms with Crippen LogP contribution in [0.15, 0.2) is 4.99 Å². The van der Waals surface area contributed by atoms with Crippen LogP contribution in [0.2, 0.25) is 0 Å². The van der Waals surface area contributed by atoms with Gasteiger partial charge in [0.2, 0.25) is 5.91 Å². The van der Waals surface area contributed by atoms with Crippen LogP contribution in [0.5, 0.6) is 0 Å². The van der Waals surface area contributed by atoms with Crippen LogP contribution in [0.1, 0.15) is 46.0 Å². The second kappa shape index (κ2) is 8.82. The van der Waals surface area contributed by atoms with Crippen LogP contribution in [0.4, 0.5) is 0 Å². The van der Waals surface area contributed by atoms with Gasteiger partial charge in [-0.1, -0.05) is 19.3 Å². The molecule has 0 aromatic carbocycles. The zero-order valence-electron chi connectivity index (χ0n) is 13.4. The molecule has 0 heterocycles. The first kappa shape index (κ1) is 16.8. The minimum atomic E-state index is 0.0209. The molecule has 1 rings (SSSR count). The molecule has 20 heavy (non-hydrogen) atoms. The Kier molecular flexibility index (Phi) is 7.41. The summed E-state index contributed by atoms with van der Waals surface area (Å²) in [5, 5.41) is 6.67. The van der Waals surface area contributed by atoms with Gasteiger partial charge in [-0.25, -0.2) is 4.99 Å². The van der Waals surface area contributed by atoms with Crippen molar-refractivity contribution in [2.24, 2.45) is 10.9 Å². The maximum Gasteiger partial charge on any atom is 0.243 e. The number of amides is 1. The summed E-state index contributed by atoms with van der Waals surface area (Å²) >= 11 is 0. The number of rotatable bonds is 5. The van der Waals surface area contributed by atoms with E-state index in [1.54, 1.807) is 19.0 Å². The first-order valence-corrected chi connectivity index (χ1v) is 7.74. The van der Waals surface area contributed by atoms with Gasteiger partial charge in [0, 0.05) is 26.7 Å². The predicted molar refractivity (Wildman–Crippen MR) is 83.8 cm³/mol. The summed E-state index contributed by atoms with van der Waals surface area (Å²) in [6.07, 6.45) is 6.67. The van der Waals surface area contributed by atoms with Crippen molar-refractivity contribution in [1.82, 2.24) is 15.5 Å². The Hall–Kier alpha value is -1.26. The molecule has 0 aromatic heterocycles. The minimum Gasteiger partial charge on any atom is -0.356 e. The number of hydrogen-bond donors (Lipinski definition) is 2. The van der Waals surface area contributed by atoms with E-state index in [1.807, 2.05) is 0 Å². The van der Waals surface area contributed by atoms with E-state index in [1.165, 1.54) is 32.1 Å². The van der Waals surface area contributed by atoms with E-state index in [9.17, 15) is 4.79 Å². The van der Waals surface area contributed by atoms with E-state index < -0.39 is 0 Å². The van der Waals surface area contributed by atoms with E-state index in [0.29, 0.717) is 6.04 Å². The van der Waals surface area contributed by atoms with E-state index >= 15 is 0 Å². The Morgan fingerprint density at radius 2 is 1.90 bits per heavy atom. The number of aliphatic imine (C=N–C) groups is 1. The molecule has 116 valence electrons. The predicted octanol–water partition coefficient (Wildman–Crippen LogP) is 1.60. The monoisotopic (exact) mass is 282 g/mol. The van der Waals surface area contributed by atoms with Gasteiger partial charge in [-0.3, -0.25) is 4.79 Å². The van der Waals surface area contributed by atoms with E-state index in [2.05, 4.69) is 29.5 Å². The quantitative estimate of drug-likeness (QED) is 0.595. The summed E-state index contributed by atoms with van der Waals surface area (Å²) in [6.45, 7) is 5.30. The molecular formula is C15H30N4O. The molecule has 0 aliphatic heterocycles. The molecule has 0 bridgehead atoms. The molecule has 1 amide bonds. The van der Waals surface area contributed by atoms with Crippen molar-refractivity contribution >= 4 is 11.9 Å². The normalized spacial score (nSPS) is 17.1. The largest absolute Gasteiger partial charge is 0.356 e. The van der Waals surface area contributed by atoms with Gasteiger partial charge in [0.15, 0.2) is 5.96 Å². The molecule has 5 heteroatoms. The summed E-state index contributed by atoms with van der Waals surface area (Å²) in [4.78, 5) is 17.5. The molecule has 0 radical (unpaired) electrons. The highest BCUT2D eigenvalue weighted by molar-refractivity contribution is 5.84. The smallest absolute Gasteiger partial charge is 0.243 e. The first-order chi connectivity index (χ1) is 9.49. The molecular weight excluding hydrogens is 252 g/mol. The summed E-state index contributed by atoms with van der Waals surface area (Å²) < 4.78 is 0. The average Bonchev–Trinajstić information content (AvgIpc) is 2.42. The Morgan fingerprint density at radius 3 is 2.45 bits per heavy atom. The molecule has 0 unspecified atom stereocenters. The van der Waals surface area contributed by atoms with Gasteiger partial charge in [0.05, 0.1) is 0 Å². The zero-order valence-corrected chi connectivity index (χ0v) is 13.4. The Morgan fingerprint density at radius 1 is 1.25 bits per heavy atom. The van der Waals surface area contributed by atoms with Crippen molar-refractivity contribution in [3.05, 3.63) is 0 Å². The van der Waals surface area contributed by atoms with Gasteiger partial charge in [0.25, 0.3) is 0 Å². The lowest BCUT2D eigenvalue weighted by atomic mass is 9.89. The highest BCUT2D eigenvalue weighted by Crippen LogP contribution is 2.22. The molecule has 5 nitrogen and oxygen atoms in total. The van der Waals surface area contributed by atoms with Gasteiger partial charge in [-0.05, 0) is 32.6 Å². The second-order valence-corrected chi connectivity index (χ2v) is 6.14. The van der Waals surface area contributed by atoms with Crippen LogP contribution in [0, 0.1) is 5.92 Å². The summed E-state index contributed by atoms with van der Waals surface area (Å²) in [5.41, 5.74) is 0. The van der Waals surface area contributed by atoms with Crippen molar-refractivity contribution in [3.8, 4) is 0 Å². The Balaban J connectivity index is 2.45. The van der Waals surface area contributed by atoms with Crippen LogP contribution in [0.3, 0.4) is 0 Å². The van der Waals surface area contributed by atoms with Crippen molar-refractivity contribution in [3.63, 3.8) is 0 Å². The van der Waals surface area contributed by atoms with Crippen LogP contribution in [0.25, 0.3) is 0 Å². The van der Waals surface area contributed by atoms with Crippen LogP contribution in [-0.4, -0.2) is 50.0 Å². The Bertz CT molecular complexity index is 320. The van der Waals surface area contributed by atoms with E-state index in [4.69, 9.17) is 0 Å². The van der Waals surface area contributed by atoms with Crippen molar-refractivity contribution in [2.45, 2.75) is 52.0 Å². The number of hydrogen-bond acceptors (Lipinski definition) is 2. The van der Waals surface area contributed by atoms with Crippen molar-refractivity contribution in [2.75, 3.05) is 27.2 Å². The standard InChI is InChI=1S/C15H30N4O/c1-12(2)18-15(17-11-14(20)19(3)4)16-10-13-8-6-5-7-9-13/h12-13H,5-11H2,1-4H3,(H2,16,17,18). The van der Waals surface area contributed by atoms with Gasteiger partial charge in [-0.15, -0.1) is 0 Å². The lowest BCUT2D eigenvalue weighted by Crippen LogP contribution is -2.43. The zero-order chi connectivity index (χ0) is 15.0. The molecule has 1 saturated carbocycles. The van der Waals surface area contributed by atoms with Crippen LogP contribution >= 0.6 is 0 Å². The second-order valence-electron chi connectivity index (χ2n) is 6.14. The van der Waals surface area contributed by atoms with E-state index in [0.717, 1.165) is 18.4 Å². The third kappa shape index (κ3) is 6.78. The summed E-state index contributed by atoms with van der Waals surface area (Å²) in [5.74, 6) is 1.51. The maximum atomic E-state index is 11.6. The van der Waals surface area contributed by atoms with Gasteiger partial charge >= 0.3 is 0 Å². The van der Waals surface area contributed by atoms with Crippen LogP contribution in [-0.2, 0) is 4.79 Å². The fourth-order valence-electron chi connectivity index (χ4n) is 2.35. The summed E-state index contributed by atoms with van der Waals surface area (Å²) in [7, 11) is 3.51. The SMILES string of the molecule is CC(C)NC(=NCC(=O)N(C)C)NCC1CCCCC1. The number of likely N-dealkylation sites (N-methyl/N-ethyl adjacent to an activating group) is 1. The third-order valence-electron chi connectivity index (χ3n) is 3.58. The number of guanidine groups is 1. The molecule has 0 spiro atoms. The molecule has 1 aliphatic rings. The Labute approximate surface area is 123 Å². The molecule has 1 fully saturated rings. The third-order valence-corrected chi connectivity index (χ3v) is 3.58. The first-order valence-electron chi connectivity index (χ1n) is 7.74. The maximum absolute atomic E-state index is 11.6. The van der Waals surface area contributed by atoms with Gasteiger partial charge in [-0.2, -0.15) is 0 Å². The lowest BCUT2D eigenvalue weighted by Gasteiger charge is -2.23. The van der Waals surface area contributed by atoms with Crippen molar-refractivity contribution < 1.29 is 4.79 Å². The van der Waals surface area contributed by atoms with Crippen LogP contribution < -0.4 is 10.6 Å². The molecule has 0 aromatic rings. The number of nitrogens with one attached hydrogen (secondary N) is 2. The van der Waals surface area contributed by atoms with Gasteiger partial charge in [0.1, 0.15) is 6.54 Å². The van der Waals surface area contributed by atoms with Crippen molar-refractivity contribution in [1.29, 1.82) is 0 Å². The highest BCUT2D eigenvalue weighted by Gasteiger charge is 2.14. The number of carbonyl (C=O) groups excluding carboxylic acids is 1.